The topological polar surface area (TPSA) is 91.5 Å². The van der Waals surface area contributed by atoms with Gasteiger partial charge in [0.05, 0.1) is 12.6 Å². The molecule has 3 rings (SSSR count). The van der Waals surface area contributed by atoms with Crippen molar-refractivity contribution in [3.63, 3.8) is 0 Å². The molecule has 22 heavy (non-hydrogen) atoms. The van der Waals surface area contributed by atoms with Crippen molar-refractivity contribution in [3.05, 3.63) is 30.2 Å². The maximum atomic E-state index is 12.4. The van der Waals surface area contributed by atoms with Gasteiger partial charge in [-0.3, -0.25) is 0 Å². The van der Waals surface area contributed by atoms with Crippen LogP contribution in [0.25, 0.3) is 11.5 Å². The monoisotopic (exact) mass is 302 g/mol. The number of aliphatic hydroxyl groups excluding tert-OH is 1. The third-order valence-corrected chi connectivity index (χ3v) is 3.93. The Morgan fingerprint density at radius 2 is 2.41 bits per heavy atom. The van der Waals surface area contributed by atoms with Crippen molar-refractivity contribution < 1.29 is 14.3 Å². The first-order valence-electron chi connectivity index (χ1n) is 7.24. The van der Waals surface area contributed by atoms with E-state index in [1.807, 2.05) is 25.1 Å². The minimum Gasteiger partial charge on any atom is -0.423 e. The van der Waals surface area contributed by atoms with Crippen LogP contribution in [0.1, 0.15) is 18.4 Å². The Balaban J connectivity index is 1.80. The fraction of sp³-hybridized carbons (Fsp3) is 0.400. The van der Waals surface area contributed by atoms with Gasteiger partial charge >= 0.3 is 6.03 Å². The van der Waals surface area contributed by atoms with Crippen molar-refractivity contribution in [2.24, 2.45) is 0 Å². The van der Waals surface area contributed by atoms with Crippen molar-refractivity contribution in [1.29, 1.82) is 0 Å². The summed E-state index contributed by atoms with van der Waals surface area (Å²) < 4.78 is 5.18. The second-order valence-corrected chi connectivity index (χ2v) is 5.38. The lowest BCUT2D eigenvalue weighted by Gasteiger charge is -2.23. The van der Waals surface area contributed by atoms with Crippen molar-refractivity contribution in [2.45, 2.75) is 25.8 Å². The predicted octanol–water partition coefficient (Wildman–Crippen LogP) is 2.03. The molecule has 1 saturated heterocycles. The molecule has 1 aliphatic heterocycles. The number of amides is 2. The summed E-state index contributed by atoms with van der Waals surface area (Å²) in [7, 11) is 0. The molecular weight excluding hydrogens is 284 g/mol. The third kappa shape index (κ3) is 2.80. The van der Waals surface area contributed by atoms with E-state index in [0.717, 1.165) is 24.0 Å². The third-order valence-electron chi connectivity index (χ3n) is 3.93. The highest BCUT2D eigenvalue weighted by atomic mass is 16.4. The number of urea groups is 1. The second-order valence-electron chi connectivity index (χ2n) is 5.38. The molecule has 0 spiro atoms. The first-order chi connectivity index (χ1) is 10.7. The number of hydrogen-bond acceptors (Lipinski definition) is 5. The summed E-state index contributed by atoms with van der Waals surface area (Å²) >= 11 is 0. The van der Waals surface area contributed by atoms with Crippen molar-refractivity contribution in [1.82, 2.24) is 15.1 Å². The van der Waals surface area contributed by atoms with Gasteiger partial charge in [-0.05, 0) is 37.5 Å². The number of anilines is 1. The number of rotatable bonds is 3. The number of hydrogen-bond donors (Lipinski definition) is 2. The van der Waals surface area contributed by atoms with Crippen LogP contribution < -0.4 is 5.32 Å². The summed E-state index contributed by atoms with van der Waals surface area (Å²) in [6.45, 7) is 2.58. The predicted molar refractivity (Wildman–Crippen MR) is 80.3 cm³/mol. The number of aliphatic hydroxyl groups is 1. The Bertz CT molecular complexity index is 657. The highest BCUT2D eigenvalue weighted by molar-refractivity contribution is 5.91. The summed E-state index contributed by atoms with van der Waals surface area (Å²) in [5.74, 6) is 0.407. The second kappa shape index (κ2) is 6.15. The molecule has 7 nitrogen and oxygen atoms in total. The standard InChI is InChI=1S/C15H18N4O3/c1-10-4-5-11(14-18-16-9-22-14)7-13(10)17-15(21)19-6-2-3-12(19)8-20/h4-5,7,9,12,20H,2-3,6,8H2,1H3,(H,17,21)/t12-/m1/s1. The number of aromatic nitrogens is 2. The summed E-state index contributed by atoms with van der Waals surface area (Å²) in [5.41, 5.74) is 2.39. The molecule has 2 aromatic rings. The minimum atomic E-state index is -0.192. The molecule has 1 aromatic heterocycles. The van der Waals surface area contributed by atoms with E-state index in [-0.39, 0.29) is 18.7 Å². The van der Waals surface area contributed by atoms with Gasteiger partial charge in [-0.1, -0.05) is 6.07 Å². The summed E-state index contributed by atoms with van der Waals surface area (Å²) in [6.07, 6.45) is 3.02. The summed E-state index contributed by atoms with van der Waals surface area (Å²) in [6, 6.07) is 5.28. The van der Waals surface area contributed by atoms with Gasteiger partial charge in [-0.15, -0.1) is 10.2 Å². The number of aryl methyl sites for hydroxylation is 1. The maximum Gasteiger partial charge on any atom is 0.322 e. The Labute approximate surface area is 128 Å². The molecule has 0 radical (unpaired) electrons. The lowest BCUT2D eigenvalue weighted by Crippen LogP contribution is -2.40. The zero-order valence-electron chi connectivity index (χ0n) is 12.3. The summed E-state index contributed by atoms with van der Waals surface area (Å²) in [5, 5.41) is 19.8. The molecule has 116 valence electrons. The van der Waals surface area contributed by atoms with Gasteiger partial charge in [-0.25, -0.2) is 4.79 Å². The maximum absolute atomic E-state index is 12.4. The molecule has 0 aliphatic carbocycles. The SMILES string of the molecule is Cc1ccc(-c2nnco2)cc1NC(=O)N1CCC[C@@H]1CO. The van der Waals surface area contributed by atoms with Crippen molar-refractivity contribution >= 4 is 11.7 Å². The lowest BCUT2D eigenvalue weighted by molar-refractivity contribution is 0.166. The molecule has 1 aliphatic rings. The van der Waals surface area contributed by atoms with Crippen LogP contribution in [-0.4, -0.2) is 45.4 Å². The first kappa shape index (κ1) is 14.5. The van der Waals surface area contributed by atoms with Crippen LogP contribution in [-0.2, 0) is 0 Å². The van der Waals surface area contributed by atoms with Crippen LogP contribution in [0.2, 0.25) is 0 Å². The molecule has 1 fully saturated rings. The van der Waals surface area contributed by atoms with Gasteiger partial charge in [-0.2, -0.15) is 0 Å². The van der Waals surface area contributed by atoms with Gasteiger partial charge in [0.2, 0.25) is 12.3 Å². The molecule has 2 N–H and O–H groups in total. The fourth-order valence-electron chi connectivity index (χ4n) is 2.67. The fourth-order valence-corrected chi connectivity index (χ4v) is 2.67. The first-order valence-corrected chi connectivity index (χ1v) is 7.24. The number of carbonyl (C=O) groups is 1. The van der Waals surface area contributed by atoms with Gasteiger partial charge in [0.1, 0.15) is 0 Å². The van der Waals surface area contributed by atoms with Gasteiger partial charge in [0, 0.05) is 17.8 Å². The number of benzene rings is 1. The molecule has 2 amide bonds. The van der Waals surface area contributed by atoms with E-state index < -0.39 is 0 Å². The molecular formula is C15H18N4O3. The number of carbonyl (C=O) groups excluding carboxylic acids is 1. The Morgan fingerprint density at radius 1 is 1.55 bits per heavy atom. The van der Waals surface area contributed by atoms with Crippen molar-refractivity contribution in [2.75, 3.05) is 18.5 Å². The molecule has 0 bridgehead atoms. The van der Waals surface area contributed by atoms with E-state index in [2.05, 4.69) is 15.5 Å². The van der Waals surface area contributed by atoms with Crippen LogP contribution in [0, 0.1) is 6.92 Å². The summed E-state index contributed by atoms with van der Waals surface area (Å²) in [4.78, 5) is 14.1. The molecule has 0 unspecified atom stereocenters. The molecule has 0 saturated carbocycles. The lowest BCUT2D eigenvalue weighted by atomic mass is 10.1. The van der Waals surface area contributed by atoms with Gasteiger partial charge in [0.25, 0.3) is 0 Å². The highest BCUT2D eigenvalue weighted by Crippen LogP contribution is 2.25. The van der Waals surface area contributed by atoms with E-state index in [9.17, 15) is 9.90 Å². The number of nitrogens with zero attached hydrogens (tertiary/aromatic N) is 3. The van der Waals surface area contributed by atoms with E-state index >= 15 is 0 Å². The Kier molecular flexibility index (Phi) is 4.06. The van der Waals surface area contributed by atoms with E-state index in [0.29, 0.717) is 18.1 Å². The average Bonchev–Trinajstić information content (AvgIpc) is 3.20. The number of nitrogens with one attached hydrogen (secondary N) is 1. The quantitative estimate of drug-likeness (QED) is 0.905. The van der Waals surface area contributed by atoms with Crippen LogP contribution in [0.3, 0.4) is 0 Å². The number of likely N-dealkylation sites (tertiary alicyclic amines) is 1. The van der Waals surface area contributed by atoms with Gasteiger partial charge in [0.15, 0.2) is 0 Å². The van der Waals surface area contributed by atoms with Crippen molar-refractivity contribution in [3.8, 4) is 11.5 Å². The largest absolute Gasteiger partial charge is 0.423 e. The van der Waals surface area contributed by atoms with Crippen LogP contribution >= 0.6 is 0 Å². The smallest absolute Gasteiger partial charge is 0.322 e. The Morgan fingerprint density at radius 3 is 3.14 bits per heavy atom. The molecule has 1 atom stereocenters. The minimum absolute atomic E-state index is 0.00553. The van der Waals surface area contributed by atoms with E-state index in [1.165, 1.54) is 6.39 Å². The highest BCUT2D eigenvalue weighted by Gasteiger charge is 2.28. The van der Waals surface area contributed by atoms with Crippen LogP contribution in [0.5, 0.6) is 0 Å². The molecule has 1 aromatic carbocycles. The zero-order valence-corrected chi connectivity index (χ0v) is 12.3. The molecule has 2 heterocycles. The zero-order chi connectivity index (χ0) is 15.5. The van der Waals surface area contributed by atoms with Gasteiger partial charge < -0.3 is 19.7 Å². The normalized spacial score (nSPS) is 17.7. The van der Waals surface area contributed by atoms with Crippen LogP contribution in [0.4, 0.5) is 10.5 Å². The molecule has 7 heteroatoms. The average molecular weight is 302 g/mol. The van der Waals surface area contributed by atoms with Crippen LogP contribution in [0.15, 0.2) is 29.0 Å². The van der Waals surface area contributed by atoms with E-state index in [1.54, 1.807) is 4.90 Å². The van der Waals surface area contributed by atoms with E-state index in [4.69, 9.17) is 4.42 Å². The Hall–Kier alpha value is -2.41.